The van der Waals surface area contributed by atoms with E-state index in [2.05, 4.69) is 37.2 Å². The number of rotatable bonds is 8. The van der Waals surface area contributed by atoms with E-state index in [1.165, 1.54) is 51.1 Å². The molecule has 0 aromatic heterocycles. The first-order chi connectivity index (χ1) is 8.67. The Bertz CT molecular complexity index is 209. The highest BCUT2D eigenvalue weighted by molar-refractivity contribution is 7.98. The van der Waals surface area contributed by atoms with Gasteiger partial charge in [0, 0.05) is 18.6 Å². The fourth-order valence-electron chi connectivity index (χ4n) is 2.98. The van der Waals surface area contributed by atoms with Gasteiger partial charge in [0.25, 0.3) is 0 Å². The van der Waals surface area contributed by atoms with Gasteiger partial charge in [0.1, 0.15) is 0 Å². The Morgan fingerprint density at radius 1 is 1.39 bits per heavy atom. The van der Waals surface area contributed by atoms with Gasteiger partial charge in [0.2, 0.25) is 0 Å². The molecular weight excluding hydrogens is 240 g/mol. The summed E-state index contributed by atoms with van der Waals surface area (Å²) in [5.74, 6) is 2.12. The molecule has 0 amide bonds. The summed E-state index contributed by atoms with van der Waals surface area (Å²) in [7, 11) is 0. The van der Waals surface area contributed by atoms with Crippen molar-refractivity contribution in [3.63, 3.8) is 0 Å². The van der Waals surface area contributed by atoms with E-state index in [9.17, 15) is 0 Å². The molecule has 1 fully saturated rings. The third-order valence-corrected chi connectivity index (χ3v) is 4.74. The lowest BCUT2D eigenvalue weighted by Gasteiger charge is -2.37. The van der Waals surface area contributed by atoms with Crippen LogP contribution in [0.1, 0.15) is 46.5 Å². The zero-order valence-electron chi connectivity index (χ0n) is 12.7. The van der Waals surface area contributed by atoms with Gasteiger partial charge >= 0.3 is 0 Å². The molecule has 1 N–H and O–H groups in total. The second-order valence-corrected chi connectivity index (χ2v) is 6.83. The standard InChI is InChI=1S/C15H32N2S/c1-5-9-17-10-6-7-15(12-17)14(3)16-13(2)8-11-18-4/h13-16H,5-12H2,1-4H3. The predicted octanol–water partition coefficient (Wildman–Crippen LogP) is 3.23. The molecule has 1 heterocycles. The van der Waals surface area contributed by atoms with Crippen molar-refractivity contribution in [1.82, 2.24) is 10.2 Å². The van der Waals surface area contributed by atoms with Crippen molar-refractivity contribution >= 4 is 11.8 Å². The van der Waals surface area contributed by atoms with Crippen LogP contribution >= 0.6 is 11.8 Å². The van der Waals surface area contributed by atoms with Crippen molar-refractivity contribution in [2.24, 2.45) is 5.92 Å². The van der Waals surface area contributed by atoms with E-state index in [0.29, 0.717) is 12.1 Å². The van der Waals surface area contributed by atoms with Crippen LogP contribution in [0, 0.1) is 5.92 Å². The van der Waals surface area contributed by atoms with Crippen LogP contribution in [0.4, 0.5) is 0 Å². The Kier molecular flexibility index (Phi) is 8.36. The molecule has 0 spiro atoms. The zero-order valence-corrected chi connectivity index (χ0v) is 13.6. The highest BCUT2D eigenvalue weighted by Gasteiger charge is 2.24. The largest absolute Gasteiger partial charge is 0.311 e. The van der Waals surface area contributed by atoms with Gasteiger partial charge in [-0.3, -0.25) is 0 Å². The van der Waals surface area contributed by atoms with Crippen molar-refractivity contribution in [2.45, 2.75) is 58.5 Å². The minimum absolute atomic E-state index is 0.661. The van der Waals surface area contributed by atoms with Crippen LogP contribution in [0.5, 0.6) is 0 Å². The molecule has 0 aromatic rings. The van der Waals surface area contributed by atoms with Crippen LogP contribution in [-0.4, -0.2) is 48.6 Å². The Morgan fingerprint density at radius 3 is 2.83 bits per heavy atom. The van der Waals surface area contributed by atoms with Crippen LogP contribution in [0.25, 0.3) is 0 Å². The summed E-state index contributed by atoms with van der Waals surface area (Å²) in [6.45, 7) is 10.9. The van der Waals surface area contributed by atoms with E-state index in [0.717, 1.165) is 5.92 Å². The number of hydrogen-bond donors (Lipinski definition) is 1. The summed E-state index contributed by atoms with van der Waals surface area (Å²) in [5, 5.41) is 3.81. The van der Waals surface area contributed by atoms with Gasteiger partial charge in [-0.15, -0.1) is 0 Å². The lowest BCUT2D eigenvalue weighted by atomic mass is 9.91. The molecule has 0 radical (unpaired) electrons. The monoisotopic (exact) mass is 272 g/mol. The first kappa shape index (κ1) is 16.3. The summed E-state index contributed by atoms with van der Waals surface area (Å²) in [4.78, 5) is 2.65. The molecule has 0 bridgehead atoms. The molecule has 3 heteroatoms. The van der Waals surface area contributed by atoms with E-state index >= 15 is 0 Å². The highest BCUT2D eigenvalue weighted by atomic mass is 32.2. The van der Waals surface area contributed by atoms with Gasteiger partial charge in [-0.2, -0.15) is 11.8 Å². The number of hydrogen-bond acceptors (Lipinski definition) is 3. The van der Waals surface area contributed by atoms with Crippen LogP contribution < -0.4 is 5.32 Å². The van der Waals surface area contributed by atoms with Crippen molar-refractivity contribution in [2.75, 3.05) is 31.6 Å². The van der Waals surface area contributed by atoms with Crippen LogP contribution in [0.2, 0.25) is 0 Å². The SMILES string of the molecule is CCCN1CCCC(C(C)NC(C)CCSC)C1. The summed E-state index contributed by atoms with van der Waals surface area (Å²) in [6, 6.07) is 1.33. The maximum Gasteiger partial charge on any atom is 0.00816 e. The average Bonchev–Trinajstić information content (AvgIpc) is 2.37. The van der Waals surface area contributed by atoms with E-state index in [1.807, 2.05) is 11.8 Å². The summed E-state index contributed by atoms with van der Waals surface area (Å²) in [5.41, 5.74) is 0. The molecule has 2 nitrogen and oxygen atoms in total. The lowest BCUT2D eigenvalue weighted by Crippen LogP contribution is -2.47. The van der Waals surface area contributed by atoms with E-state index < -0.39 is 0 Å². The number of piperidine rings is 1. The molecule has 3 unspecified atom stereocenters. The maximum atomic E-state index is 3.81. The molecule has 0 aromatic carbocycles. The Hall–Kier alpha value is 0.270. The second kappa shape index (κ2) is 9.22. The maximum absolute atomic E-state index is 3.81. The van der Waals surface area contributed by atoms with Crippen LogP contribution in [0.15, 0.2) is 0 Å². The number of nitrogens with one attached hydrogen (secondary N) is 1. The normalized spacial score (nSPS) is 25.0. The topological polar surface area (TPSA) is 15.3 Å². The third-order valence-electron chi connectivity index (χ3n) is 4.09. The first-order valence-electron chi connectivity index (χ1n) is 7.64. The lowest BCUT2D eigenvalue weighted by molar-refractivity contribution is 0.147. The third kappa shape index (κ3) is 5.94. The molecule has 1 rings (SSSR count). The van der Waals surface area contributed by atoms with Gasteiger partial charge in [-0.05, 0) is 70.5 Å². The molecule has 0 saturated carbocycles. The molecular formula is C15H32N2S. The van der Waals surface area contributed by atoms with Crippen LogP contribution in [-0.2, 0) is 0 Å². The van der Waals surface area contributed by atoms with Gasteiger partial charge in [0.05, 0.1) is 0 Å². The number of thioether (sulfide) groups is 1. The number of likely N-dealkylation sites (tertiary alicyclic amines) is 1. The van der Waals surface area contributed by atoms with Crippen molar-refractivity contribution in [3.05, 3.63) is 0 Å². The van der Waals surface area contributed by atoms with E-state index in [1.54, 1.807) is 0 Å². The van der Waals surface area contributed by atoms with Gasteiger partial charge < -0.3 is 10.2 Å². The van der Waals surface area contributed by atoms with Crippen molar-refractivity contribution in [3.8, 4) is 0 Å². The van der Waals surface area contributed by atoms with E-state index in [-0.39, 0.29) is 0 Å². The van der Waals surface area contributed by atoms with Gasteiger partial charge in [0.15, 0.2) is 0 Å². The highest BCUT2D eigenvalue weighted by Crippen LogP contribution is 2.20. The minimum Gasteiger partial charge on any atom is -0.311 e. The summed E-state index contributed by atoms with van der Waals surface area (Å²) < 4.78 is 0. The quantitative estimate of drug-likeness (QED) is 0.730. The van der Waals surface area contributed by atoms with Crippen LogP contribution in [0.3, 0.4) is 0 Å². The smallest absolute Gasteiger partial charge is 0.00816 e. The predicted molar refractivity (Wildman–Crippen MR) is 84.5 cm³/mol. The van der Waals surface area contributed by atoms with Gasteiger partial charge in [-0.25, -0.2) is 0 Å². The fraction of sp³-hybridized carbons (Fsp3) is 1.00. The molecule has 108 valence electrons. The first-order valence-corrected chi connectivity index (χ1v) is 9.04. The summed E-state index contributed by atoms with van der Waals surface area (Å²) >= 11 is 1.95. The second-order valence-electron chi connectivity index (χ2n) is 5.84. The molecule has 1 aliphatic heterocycles. The molecule has 1 aliphatic rings. The number of nitrogens with zero attached hydrogens (tertiary/aromatic N) is 1. The minimum atomic E-state index is 0.661. The molecule has 1 saturated heterocycles. The Labute approximate surface area is 118 Å². The van der Waals surface area contributed by atoms with Gasteiger partial charge in [-0.1, -0.05) is 6.92 Å². The molecule has 18 heavy (non-hydrogen) atoms. The molecule has 3 atom stereocenters. The molecule has 0 aliphatic carbocycles. The average molecular weight is 273 g/mol. The van der Waals surface area contributed by atoms with Crippen molar-refractivity contribution in [1.29, 1.82) is 0 Å². The fourth-order valence-corrected chi connectivity index (χ4v) is 3.57. The summed E-state index contributed by atoms with van der Waals surface area (Å²) in [6.07, 6.45) is 7.56. The zero-order chi connectivity index (χ0) is 13.4. The van der Waals surface area contributed by atoms with Crippen molar-refractivity contribution < 1.29 is 0 Å². The van der Waals surface area contributed by atoms with E-state index in [4.69, 9.17) is 0 Å². The Morgan fingerprint density at radius 2 is 2.17 bits per heavy atom. The Balaban J connectivity index is 2.29.